The molecule has 1 radical (unpaired) electrons. The van der Waals surface area contributed by atoms with Crippen LogP contribution in [0.3, 0.4) is 0 Å². The molecule has 0 fully saturated rings. The molecule has 14 rings (SSSR count). The van der Waals surface area contributed by atoms with Gasteiger partial charge in [-0.3, -0.25) is 0 Å². The van der Waals surface area contributed by atoms with Crippen molar-refractivity contribution in [2.45, 2.75) is 155 Å². The molecule has 0 bridgehead atoms. The second-order valence-electron chi connectivity index (χ2n) is 28.2. The summed E-state index contributed by atoms with van der Waals surface area (Å²) >= 11 is 1.94. The summed E-state index contributed by atoms with van der Waals surface area (Å²) in [6.45, 7) is 33.6. The van der Waals surface area contributed by atoms with Crippen LogP contribution >= 0.6 is 11.3 Å². The standard InChI is InChI=1S/C72H73BN3OS/c1-67(2,3)41-23-26-43(27-24-41)74-54-40-63-45(46-35-49-52(39-62(46)78-63)72(13,14)32-30-69(49,7)8)34-44(54)47-37-59(75-56-19-15-17-21-60(56)77-61-22-18-16-20-57(61)75)64-48-36-50-51(71(11,12)31-29-70(50,9)10)38-58(48)76-55-28-25-42(68(4,5)6)33-53(55)73-65(47)66(64)76/h15-28,33-40,74H,29-32H2,1-14H3. The number of para-hydroxylation sites is 4. The molecule has 391 valence electrons. The van der Waals surface area contributed by atoms with Crippen LogP contribution in [0.1, 0.15) is 156 Å². The summed E-state index contributed by atoms with van der Waals surface area (Å²) in [6.07, 6.45) is 4.65. The Labute approximate surface area is 467 Å². The lowest BCUT2D eigenvalue weighted by Crippen LogP contribution is -2.38. The van der Waals surface area contributed by atoms with Gasteiger partial charge in [0.1, 0.15) is 0 Å². The van der Waals surface area contributed by atoms with Crippen LogP contribution < -0.4 is 25.9 Å². The largest absolute Gasteiger partial charge is 0.453 e. The highest BCUT2D eigenvalue weighted by atomic mass is 32.1. The zero-order chi connectivity index (χ0) is 54.4. The number of aromatic nitrogens is 1. The number of anilines is 5. The third-order valence-electron chi connectivity index (χ3n) is 19.0. The third-order valence-corrected chi connectivity index (χ3v) is 20.1. The first kappa shape index (κ1) is 49.5. The van der Waals surface area contributed by atoms with Crippen molar-refractivity contribution in [2.75, 3.05) is 10.2 Å². The number of thiophene rings is 1. The molecular weight excluding hydrogens is 966 g/mol. The number of ether oxygens (including phenoxy) is 1. The first-order valence-corrected chi connectivity index (χ1v) is 29.5. The number of nitrogens with one attached hydrogen (secondary N) is 1. The van der Waals surface area contributed by atoms with Crippen molar-refractivity contribution in [2.24, 2.45) is 0 Å². The van der Waals surface area contributed by atoms with Gasteiger partial charge in [0.2, 0.25) is 0 Å². The van der Waals surface area contributed by atoms with E-state index in [2.05, 4.69) is 252 Å². The number of nitrogens with zero attached hydrogens (tertiary/aromatic N) is 2. The Morgan fingerprint density at radius 3 is 1.63 bits per heavy atom. The number of benzene rings is 8. The molecule has 1 N–H and O–H groups in total. The van der Waals surface area contributed by atoms with E-state index < -0.39 is 0 Å². The summed E-state index contributed by atoms with van der Waals surface area (Å²) in [4.78, 5) is 2.51. The Morgan fingerprint density at radius 2 is 1.03 bits per heavy atom. The van der Waals surface area contributed by atoms with Crippen LogP contribution in [0.2, 0.25) is 0 Å². The monoisotopic (exact) mass is 1040 g/mol. The molecule has 0 spiro atoms. The summed E-state index contributed by atoms with van der Waals surface area (Å²) in [6, 6.07) is 51.6. The van der Waals surface area contributed by atoms with Gasteiger partial charge in [-0.25, -0.2) is 0 Å². The Hall–Kier alpha value is -6.76. The summed E-state index contributed by atoms with van der Waals surface area (Å²) in [7, 11) is 2.54. The number of fused-ring (bicyclic) bond motifs is 12. The molecule has 78 heavy (non-hydrogen) atoms. The topological polar surface area (TPSA) is 29.4 Å². The lowest BCUT2D eigenvalue weighted by Gasteiger charge is -2.42. The Kier molecular flexibility index (Phi) is 10.4. The summed E-state index contributed by atoms with van der Waals surface area (Å²) in [5.74, 6) is 1.69. The number of hydrogen-bond acceptors (Lipinski definition) is 4. The molecule has 0 unspecified atom stereocenters. The zero-order valence-electron chi connectivity index (χ0n) is 48.3. The van der Waals surface area contributed by atoms with Crippen molar-refractivity contribution in [1.29, 1.82) is 0 Å². The summed E-state index contributed by atoms with van der Waals surface area (Å²) < 4.78 is 12.1. The van der Waals surface area contributed by atoms with Gasteiger partial charge in [0.15, 0.2) is 18.8 Å². The zero-order valence-corrected chi connectivity index (χ0v) is 49.1. The predicted octanol–water partition coefficient (Wildman–Crippen LogP) is 19.4. The van der Waals surface area contributed by atoms with Crippen LogP contribution in [0.25, 0.3) is 58.8 Å². The van der Waals surface area contributed by atoms with Crippen molar-refractivity contribution < 1.29 is 4.74 Å². The van der Waals surface area contributed by atoms with Crippen molar-refractivity contribution in [3.8, 4) is 28.3 Å². The first-order chi connectivity index (χ1) is 36.9. The summed E-state index contributed by atoms with van der Waals surface area (Å²) in [5, 5.41) is 9.31. The van der Waals surface area contributed by atoms with Crippen molar-refractivity contribution in [1.82, 2.24) is 4.57 Å². The average Bonchev–Trinajstić information content (AvgIpc) is 3.36. The maximum absolute atomic E-state index is 6.81. The van der Waals surface area contributed by atoms with Gasteiger partial charge < -0.3 is 19.5 Å². The third kappa shape index (κ3) is 7.44. The second-order valence-corrected chi connectivity index (χ2v) is 29.3. The minimum Gasteiger partial charge on any atom is -0.453 e. The van der Waals surface area contributed by atoms with Gasteiger partial charge in [0, 0.05) is 53.6 Å². The molecule has 4 nitrogen and oxygen atoms in total. The van der Waals surface area contributed by atoms with Crippen LogP contribution in [0.15, 0.2) is 133 Å². The molecule has 10 aromatic rings. The van der Waals surface area contributed by atoms with Crippen molar-refractivity contribution >= 4 is 100.0 Å². The van der Waals surface area contributed by atoms with Crippen LogP contribution in [-0.4, -0.2) is 11.8 Å². The van der Waals surface area contributed by atoms with E-state index >= 15 is 0 Å². The van der Waals surface area contributed by atoms with E-state index in [1.807, 2.05) is 11.3 Å². The van der Waals surface area contributed by atoms with E-state index in [1.54, 1.807) is 0 Å². The maximum Gasteiger partial charge on any atom is 0.197 e. The van der Waals surface area contributed by atoms with E-state index in [-0.39, 0.29) is 32.5 Å². The molecule has 0 saturated heterocycles. The minimum absolute atomic E-state index is 0.00890. The highest BCUT2D eigenvalue weighted by Gasteiger charge is 2.41. The van der Waals surface area contributed by atoms with Crippen LogP contribution in [-0.2, 0) is 32.5 Å². The maximum atomic E-state index is 6.81. The fraction of sp³-hybridized carbons (Fsp3) is 0.333. The van der Waals surface area contributed by atoms with Crippen LogP contribution in [0.5, 0.6) is 11.5 Å². The molecule has 0 amide bonds. The first-order valence-electron chi connectivity index (χ1n) is 28.7. The van der Waals surface area contributed by atoms with Crippen LogP contribution in [0.4, 0.5) is 28.4 Å². The van der Waals surface area contributed by atoms with E-state index in [0.717, 1.165) is 52.8 Å². The van der Waals surface area contributed by atoms with Gasteiger partial charge in [-0.2, -0.15) is 0 Å². The second kappa shape index (κ2) is 16.4. The van der Waals surface area contributed by atoms with Crippen molar-refractivity contribution in [3.63, 3.8) is 0 Å². The Bertz CT molecular complexity index is 4160. The predicted molar refractivity (Wildman–Crippen MR) is 337 cm³/mol. The normalized spacial score (nSPS) is 17.5. The van der Waals surface area contributed by atoms with E-state index in [9.17, 15) is 0 Å². The van der Waals surface area contributed by atoms with Gasteiger partial charge in [-0.05, 0) is 188 Å². The molecule has 2 aliphatic heterocycles. The lowest BCUT2D eigenvalue weighted by atomic mass is 9.58. The highest BCUT2D eigenvalue weighted by molar-refractivity contribution is 7.25. The molecule has 6 heteroatoms. The van der Waals surface area contributed by atoms with Crippen molar-refractivity contribution in [3.05, 3.63) is 167 Å². The van der Waals surface area contributed by atoms with Gasteiger partial charge >= 0.3 is 0 Å². The van der Waals surface area contributed by atoms with Gasteiger partial charge in [0.25, 0.3) is 0 Å². The van der Waals surface area contributed by atoms with E-state index in [4.69, 9.17) is 4.74 Å². The smallest absolute Gasteiger partial charge is 0.197 e. The molecule has 2 aromatic heterocycles. The molecule has 4 heterocycles. The van der Waals surface area contributed by atoms with Gasteiger partial charge in [-0.1, -0.05) is 151 Å². The average molecular weight is 1040 g/mol. The number of rotatable bonds is 4. The SMILES string of the molecule is CC(C)(C)c1ccc(Nc2cc3sc4cc5c(cc4c3cc2-c2cc(N3c4ccccc4Oc4ccccc43)c3c4cc6c(cc4n4c3c2[B]c2cc(C(C)(C)C)ccc2-4)C(C)(C)CCC6(C)C)C(C)(C)CCC5(C)C)cc1. The molecule has 0 atom stereocenters. The van der Waals surface area contributed by atoms with Crippen LogP contribution in [0, 0.1) is 0 Å². The molecule has 4 aliphatic rings. The molecule has 8 aromatic carbocycles. The fourth-order valence-corrected chi connectivity index (χ4v) is 15.1. The quantitative estimate of drug-likeness (QED) is 0.178. The van der Waals surface area contributed by atoms with E-state index in [0.29, 0.717) is 0 Å². The Balaban J connectivity index is 1.15. The van der Waals surface area contributed by atoms with E-state index in [1.165, 1.54) is 116 Å². The number of hydrogen-bond donors (Lipinski definition) is 1. The molecule has 0 saturated carbocycles. The fourth-order valence-electron chi connectivity index (χ4n) is 13.9. The highest BCUT2D eigenvalue weighted by Crippen LogP contribution is 2.57. The molecular formula is C72H73BN3OS. The molecule has 2 aliphatic carbocycles. The minimum atomic E-state index is -0.0383. The Morgan fingerprint density at radius 1 is 0.500 bits per heavy atom. The summed E-state index contributed by atoms with van der Waals surface area (Å²) in [5.41, 5.74) is 22.7. The van der Waals surface area contributed by atoms with Gasteiger partial charge in [-0.15, -0.1) is 11.3 Å². The lowest BCUT2D eigenvalue weighted by molar-refractivity contribution is 0.332. The van der Waals surface area contributed by atoms with Gasteiger partial charge in [0.05, 0.1) is 28.1 Å².